The Bertz CT molecular complexity index is 640. The fourth-order valence-electron chi connectivity index (χ4n) is 4.02. The average Bonchev–Trinajstić information content (AvgIpc) is 2.83. The summed E-state index contributed by atoms with van der Waals surface area (Å²) in [6.45, 7) is -2.47. The topological polar surface area (TPSA) is 251 Å². The number of aliphatic hydroxyl groups excluding tert-OH is 9. The third-order valence-corrected chi connectivity index (χ3v) is 6.03. The number of ether oxygens (including phenoxy) is 5. The zero-order valence-corrected chi connectivity index (χ0v) is 17.6. The quantitative estimate of drug-likeness (QED) is 0.156. The molecule has 9 N–H and O–H groups in total. The van der Waals surface area contributed by atoms with Crippen molar-refractivity contribution in [3.63, 3.8) is 0 Å². The van der Waals surface area contributed by atoms with Crippen LogP contribution < -0.4 is 5.11 Å². The van der Waals surface area contributed by atoms with Gasteiger partial charge in [-0.1, -0.05) is 0 Å². The van der Waals surface area contributed by atoms with Gasteiger partial charge in [0.2, 0.25) is 0 Å². The van der Waals surface area contributed by atoms with E-state index in [4.69, 9.17) is 23.7 Å². The summed E-state index contributed by atoms with van der Waals surface area (Å²) in [7, 11) is 0. The summed E-state index contributed by atoms with van der Waals surface area (Å²) in [5, 5.41) is 101. The van der Waals surface area contributed by atoms with Crippen LogP contribution in [0.2, 0.25) is 0 Å². The molecular formula is C18H30FO15-. The Kier molecular flexibility index (Phi) is 9.51. The number of hydrogen-bond acceptors (Lipinski definition) is 15. The Morgan fingerprint density at radius 3 is 1.56 bits per heavy atom. The van der Waals surface area contributed by atoms with Crippen molar-refractivity contribution in [1.82, 2.24) is 0 Å². The maximum absolute atomic E-state index is 13.9. The highest BCUT2D eigenvalue weighted by Crippen LogP contribution is 2.32. The van der Waals surface area contributed by atoms with Crippen molar-refractivity contribution in [3.8, 4) is 0 Å². The average molecular weight is 505 g/mol. The van der Waals surface area contributed by atoms with Crippen LogP contribution in [-0.2, 0) is 23.7 Å². The van der Waals surface area contributed by atoms with E-state index in [1.54, 1.807) is 0 Å². The van der Waals surface area contributed by atoms with Crippen molar-refractivity contribution in [2.24, 2.45) is 0 Å². The Labute approximate surface area is 192 Å². The van der Waals surface area contributed by atoms with Crippen LogP contribution in [0.3, 0.4) is 0 Å². The first-order valence-corrected chi connectivity index (χ1v) is 10.5. The van der Waals surface area contributed by atoms with E-state index < -0.39 is 112 Å². The van der Waals surface area contributed by atoms with E-state index in [9.17, 15) is 55.5 Å². The molecule has 3 rings (SSSR count). The smallest absolute Gasteiger partial charge is 0.187 e. The molecule has 16 heteroatoms. The van der Waals surface area contributed by atoms with Gasteiger partial charge in [-0.2, -0.15) is 0 Å². The zero-order chi connectivity index (χ0) is 25.3. The summed E-state index contributed by atoms with van der Waals surface area (Å²) in [5.74, 6) is 0. The molecule has 0 amide bonds. The second kappa shape index (κ2) is 11.6. The largest absolute Gasteiger partial charge is 0.829 e. The third kappa shape index (κ3) is 5.36. The van der Waals surface area contributed by atoms with Crippen molar-refractivity contribution in [2.45, 2.75) is 92.2 Å². The van der Waals surface area contributed by atoms with Crippen LogP contribution >= 0.6 is 0 Å². The third-order valence-electron chi connectivity index (χ3n) is 6.03. The summed E-state index contributed by atoms with van der Waals surface area (Å²) >= 11 is 0. The molecule has 3 fully saturated rings. The van der Waals surface area contributed by atoms with Crippen LogP contribution in [0.1, 0.15) is 0 Å². The lowest BCUT2D eigenvalue weighted by Gasteiger charge is -2.48. The van der Waals surface area contributed by atoms with Gasteiger partial charge in [0.1, 0.15) is 73.3 Å². The number of alkyl halides is 1. The molecule has 0 spiro atoms. The van der Waals surface area contributed by atoms with E-state index in [-0.39, 0.29) is 0 Å². The van der Waals surface area contributed by atoms with E-state index in [1.165, 1.54) is 0 Å². The van der Waals surface area contributed by atoms with Crippen LogP contribution in [-0.4, -0.2) is 158 Å². The number of halogens is 1. The first-order valence-electron chi connectivity index (χ1n) is 10.5. The monoisotopic (exact) mass is 505 g/mol. The molecule has 0 aromatic carbocycles. The summed E-state index contributed by atoms with van der Waals surface area (Å²) in [5.41, 5.74) is 0. The Balaban J connectivity index is 1.72. The highest BCUT2D eigenvalue weighted by Gasteiger charge is 2.52. The molecule has 15 nitrogen and oxygen atoms in total. The van der Waals surface area contributed by atoms with Gasteiger partial charge in [0, 0.05) is 6.29 Å². The first-order chi connectivity index (χ1) is 16.0. The molecule has 34 heavy (non-hydrogen) atoms. The summed E-state index contributed by atoms with van der Waals surface area (Å²) in [6.07, 6.45) is -27.2. The van der Waals surface area contributed by atoms with Gasteiger partial charge in [-0.05, 0) is 0 Å². The van der Waals surface area contributed by atoms with E-state index in [1.807, 2.05) is 0 Å². The normalized spacial score (nSPS) is 52.5. The van der Waals surface area contributed by atoms with Crippen molar-refractivity contribution in [1.29, 1.82) is 0 Å². The van der Waals surface area contributed by atoms with Crippen molar-refractivity contribution in [3.05, 3.63) is 0 Å². The Hall–Kier alpha value is -0.670. The molecule has 3 aliphatic rings. The Morgan fingerprint density at radius 1 is 0.588 bits per heavy atom. The molecule has 15 atom stereocenters. The van der Waals surface area contributed by atoms with Crippen molar-refractivity contribution in [2.75, 3.05) is 19.8 Å². The molecule has 0 aromatic rings. The maximum atomic E-state index is 13.9. The van der Waals surface area contributed by atoms with Gasteiger partial charge >= 0.3 is 0 Å². The predicted octanol–water partition coefficient (Wildman–Crippen LogP) is -7.23. The SMILES string of the molecule is [O-]C1O[C@H](CO)[C@@H](O[C@@H]2O[C@H](CO)[C@@H](O[C@@H]3O[C@H](CO)[C@@H](O)[C@H](O)[C@H]3O)[C@H](O)[C@H]2O)[C@H](O)[C@H]1F. The highest BCUT2D eigenvalue weighted by molar-refractivity contribution is 4.96. The maximum Gasteiger partial charge on any atom is 0.187 e. The van der Waals surface area contributed by atoms with Crippen molar-refractivity contribution >= 4 is 0 Å². The molecule has 200 valence electrons. The second-order valence-electron chi connectivity index (χ2n) is 8.27. The lowest BCUT2D eigenvalue weighted by molar-refractivity contribution is -0.530. The van der Waals surface area contributed by atoms with E-state index in [0.29, 0.717) is 0 Å². The van der Waals surface area contributed by atoms with Crippen LogP contribution in [0.15, 0.2) is 0 Å². The summed E-state index contributed by atoms with van der Waals surface area (Å²) in [6, 6.07) is 0. The van der Waals surface area contributed by atoms with Crippen molar-refractivity contribution < 1.29 is 79.1 Å². The number of aliphatic hydroxyl groups is 9. The predicted molar refractivity (Wildman–Crippen MR) is 97.9 cm³/mol. The molecule has 0 saturated carbocycles. The molecule has 0 radical (unpaired) electrons. The zero-order valence-electron chi connectivity index (χ0n) is 17.6. The van der Waals surface area contributed by atoms with Gasteiger partial charge < -0.3 is 74.7 Å². The Morgan fingerprint density at radius 2 is 1.03 bits per heavy atom. The molecule has 3 saturated heterocycles. The number of hydrogen-bond donors (Lipinski definition) is 9. The van der Waals surface area contributed by atoms with Crippen LogP contribution in [0.25, 0.3) is 0 Å². The lowest BCUT2D eigenvalue weighted by Crippen LogP contribution is -2.67. The molecule has 1 unspecified atom stereocenters. The lowest BCUT2D eigenvalue weighted by atomic mass is 9.96. The second-order valence-corrected chi connectivity index (χ2v) is 8.27. The van der Waals surface area contributed by atoms with E-state index in [0.717, 1.165) is 0 Å². The van der Waals surface area contributed by atoms with Gasteiger partial charge in [0.15, 0.2) is 12.6 Å². The molecule has 3 aliphatic heterocycles. The van der Waals surface area contributed by atoms with Gasteiger partial charge in [-0.15, -0.1) is 0 Å². The van der Waals surface area contributed by atoms with Gasteiger partial charge in [-0.3, -0.25) is 0 Å². The molecule has 0 bridgehead atoms. The minimum atomic E-state index is -2.44. The molecule has 3 heterocycles. The molecule has 0 aromatic heterocycles. The summed E-state index contributed by atoms with van der Waals surface area (Å²) in [4.78, 5) is 0. The minimum Gasteiger partial charge on any atom is -0.829 e. The molecular weight excluding hydrogens is 475 g/mol. The van der Waals surface area contributed by atoms with Gasteiger partial charge in [-0.25, -0.2) is 4.39 Å². The van der Waals surface area contributed by atoms with E-state index in [2.05, 4.69) is 0 Å². The standard InChI is InChI=1S/C18H30FO15/c19-7-9(24)14(5(2-21)30-16(7)29)33-18-13(28)11(26)15(6(3-22)32-18)34-17-12(27)10(25)8(23)4(1-20)31-17/h4-18,20-28H,1-3H2/q-1/t4-,5-,6-,7-,8-,9-,10+,11-,12-,13-,14-,15-,16?,17+,18+/m1/s1. The highest BCUT2D eigenvalue weighted by atomic mass is 19.1. The van der Waals surface area contributed by atoms with Crippen LogP contribution in [0.4, 0.5) is 4.39 Å². The van der Waals surface area contributed by atoms with Crippen LogP contribution in [0.5, 0.6) is 0 Å². The van der Waals surface area contributed by atoms with Gasteiger partial charge in [0.05, 0.1) is 19.8 Å². The van der Waals surface area contributed by atoms with Crippen LogP contribution in [0, 0.1) is 0 Å². The first kappa shape index (κ1) is 27.9. The van der Waals surface area contributed by atoms with E-state index >= 15 is 0 Å². The number of rotatable bonds is 7. The summed E-state index contributed by atoms with van der Waals surface area (Å²) < 4.78 is 39.9. The van der Waals surface area contributed by atoms with Gasteiger partial charge in [0.25, 0.3) is 0 Å². The fourth-order valence-corrected chi connectivity index (χ4v) is 4.02. The fraction of sp³-hybridized carbons (Fsp3) is 1.00. The molecule has 0 aliphatic carbocycles. The minimum absolute atomic E-state index is 0.756.